The second kappa shape index (κ2) is 7.05. The fraction of sp³-hybridized carbons (Fsp3) is 0.158. The maximum atomic E-state index is 12.9. The van der Waals surface area contributed by atoms with Crippen LogP contribution < -0.4 is 5.56 Å². The third-order valence-electron chi connectivity index (χ3n) is 4.07. The number of hydrogen-bond donors (Lipinski definition) is 0. The molecule has 0 aliphatic rings. The minimum absolute atomic E-state index is 0.216. The molecule has 4 aromatic rings. The molecule has 0 amide bonds. The molecule has 1 aromatic carbocycles. The highest BCUT2D eigenvalue weighted by molar-refractivity contribution is 7.20. The van der Waals surface area contributed by atoms with Gasteiger partial charge in [-0.2, -0.15) is 5.10 Å². The summed E-state index contributed by atoms with van der Waals surface area (Å²) in [4.78, 5) is 29.9. The van der Waals surface area contributed by atoms with Crippen LogP contribution in [0.2, 0.25) is 0 Å². The summed E-state index contributed by atoms with van der Waals surface area (Å²) >= 11 is 3.06. The number of benzene rings is 1. The van der Waals surface area contributed by atoms with E-state index in [-0.39, 0.29) is 5.56 Å². The molecule has 6 nitrogen and oxygen atoms in total. The lowest BCUT2D eigenvalue weighted by Gasteiger charge is -2.08. The molecule has 0 fully saturated rings. The molecule has 3 heterocycles. The van der Waals surface area contributed by atoms with Gasteiger partial charge in [0.15, 0.2) is 5.52 Å². The second-order valence-electron chi connectivity index (χ2n) is 5.89. The number of carbonyl (C=O) groups is 1. The molecule has 0 spiro atoms. The Morgan fingerprint density at radius 3 is 2.67 bits per heavy atom. The molecule has 0 saturated carbocycles. The highest BCUT2D eigenvalue weighted by Gasteiger charge is 2.17. The number of thiazole rings is 1. The number of ether oxygens (including phenoxy) is 1. The number of esters is 1. The third kappa shape index (κ3) is 3.29. The number of aryl methyl sites for hydroxylation is 1. The smallest absolute Gasteiger partial charge is 0.337 e. The summed E-state index contributed by atoms with van der Waals surface area (Å²) in [5.41, 5.74) is 2.33. The van der Waals surface area contributed by atoms with E-state index in [1.807, 2.05) is 24.4 Å². The maximum Gasteiger partial charge on any atom is 0.337 e. The van der Waals surface area contributed by atoms with Gasteiger partial charge in [0.25, 0.3) is 5.56 Å². The quantitative estimate of drug-likeness (QED) is 0.491. The number of methoxy groups -OCH3 is 1. The Morgan fingerprint density at radius 1 is 1.22 bits per heavy atom. The lowest BCUT2D eigenvalue weighted by Crippen LogP contribution is -2.24. The SMILES string of the molecule is COC(=O)c1ccc(Cn2nc(-c3cccs3)c3sc(C)nc3c2=O)cc1. The lowest BCUT2D eigenvalue weighted by atomic mass is 10.1. The lowest BCUT2D eigenvalue weighted by molar-refractivity contribution is 0.0600. The summed E-state index contributed by atoms with van der Waals surface area (Å²) in [6.45, 7) is 2.18. The Kier molecular flexibility index (Phi) is 4.59. The minimum atomic E-state index is -0.392. The topological polar surface area (TPSA) is 74.1 Å². The van der Waals surface area contributed by atoms with E-state index in [0.29, 0.717) is 17.6 Å². The van der Waals surface area contributed by atoms with Gasteiger partial charge >= 0.3 is 5.97 Å². The predicted octanol–water partition coefficient (Wildman–Crippen LogP) is 3.72. The molecule has 0 atom stereocenters. The Hall–Kier alpha value is -2.84. The van der Waals surface area contributed by atoms with Crippen LogP contribution in [0.1, 0.15) is 20.9 Å². The van der Waals surface area contributed by atoms with E-state index in [4.69, 9.17) is 4.74 Å². The van der Waals surface area contributed by atoms with Crippen molar-refractivity contribution < 1.29 is 9.53 Å². The Bertz CT molecular complexity index is 1180. The summed E-state index contributed by atoms with van der Waals surface area (Å²) in [5, 5.41) is 7.44. The number of nitrogens with zero attached hydrogens (tertiary/aromatic N) is 3. The van der Waals surface area contributed by atoms with Crippen molar-refractivity contribution >= 4 is 38.9 Å². The highest BCUT2D eigenvalue weighted by Crippen LogP contribution is 2.32. The first kappa shape index (κ1) is 17.6. The van der Waals surface area contributed by atoms with Crippen molar-refractivity contribution in [3.63, 3.8) is 0 Å². The van der Waals surface area contributed by atoms with Crippen molar-refractivity contribution in [2.75, 3.05) is 7.11 Å². The molecular formula is C19H15N3O3S2. The zero-order chi connectivity index (χ0) is 19.0. The molecule has 0 aliphatic carbocycles. The normalized spacial score (nSPS) is 11.0. The standard InChI is InChI=1S/C19H15N3O3S2/c1-11-20-16-17(27-11)15(14-4-3-9-26-14)21-22(18(16)23)10-12-5-7-13(8-6-12)19(24)25-2/h3-9H,10H2,1-2H3. The number of fused-ring (bicyclic) bond motifs is 1. The fourth-order valence-electron chi connectivity index (χ4n) is 2.78. The molecule has 0 saturated heterocycles. The number of carbonyl (C=O) groups excluding carboxylic acids is 1. The van der Waals surface area contributed by atoms with E-state index >= 15 is 0 Å². The first-order valence-electron chi connectivity index (χ1n) is 8.16. The van der Waals surface area contributed by atoms with Crippen LogP contribution in [-0.4, -0.2) is 27.8 Å². The highest BCUT2D eigenvalue weighted by atomic mass is 32.1. The zero-order valence-electron chi connectivity index (χ0n) is 14.6. The molecule has 0 radical (unpaired) electrons. The molecule has 0 aliphatic heterocycles. The van der Waals surface area contributed by atoms with Gasteiger partial charge in [0.1, 0.15) is 5.69 Å². The average molecular weight is 397 g/mol. The summed E-state index contributed by atoms with van der Waals surface area (Å²) in [6, 6.07) is 10.9. The van der Waals surface area contributed by atoms with Gasteiger partial charge in [-0.3, -0.25) is 4.79 Å². The van der Waals surface area contributed by atoms with E-state index in [1.165, 1.54) is 23.1 Å². The van der Waals surface area contributed by atoms with Crippen molar-refractivity contribution in [1.29, 1.82) is 0 Å². The summed E-state index contributed by atoms with van der Waals surface area (Å²) in [6.07, 6.45) is 0. The van der Waals surface area contributed by atoms with Gasteiger partial charge in [-0.1, -0.05) is 18.2 Å². The fourth-order valence-corrected chi connectivity index (χ4v) is 4.47. The van der Waals surface area contributed by atoms with Crippen LogP contribution in [-0.2, 0) is 11.3 Å². The molecule has 8 heteroatoms. The molecule has 0 N–H and O–H groups in total. The molecule has 4 rings (SSSR count). The summed E-state index contributed by atoms with van der Waals surface area (Å²) in [5.74, 6) is -0.392. The average Bonchev–Trinajstić information content (AvgIpc) is 3.34. The van der Waals surface area contributed by atoms with Gasteiger partial charge in [0.05, 0.1) is 33.8 Å². The molecule has 0 unspecified atom stereocenters. The predicted molar refractivity (Wildman–Crippen MR) is 107 cm³/mol. The largest absolute Gasteiger partial charge is 0.465 e. The molecule has 27 heavy (non-hydrogen) atoms. The van der Waals surface area contributed by atoms with Crippen molar-refractivity contribution in [1.82, 2.24) is 14.8 Å². The Morgan fingerprint density at radius 2 is 2.00 bits per heavy atom. The number of rotatable bonds is 4. The van der Waals surface area contributed by atoms with E-state index in [1.54, 1.807) is 35.6 Å². The maximum absolute atomic E-state index is 12.9. The third-order valence-corrected chi connectivity index (χ3v) is 5.92. The molecule has 136 valence electrons. The van der Waals surface area contributed by atoms with Crippen LogP contribution in [0.15, 0.2) is 46.6 Å². The van der Waals surface area contributed by atoms with E-state index in [0.717, 1.165) is 25.8 Å². The van der Waals surface area contributed by atoms with Crippen LogP contribution in [0.25, 0.3) is 20.8 Å². The van der Waals surface area contributed by atoms with Crippen LogP contribution in [0.4, 0.5) is 0 Å². The van der Waals surface area contributed by atoms with Gasteiger partial charge in [-0.25, -0.2) is 14.5 Å². The van der Waals surface area contributed by atoms with Crippen LogP contribution in [0.5, 0.6) is 0 Å². The monoisotopic (exact) mass is 397 g/mol. The van der Waals surface area contributed by atoms with E-state index in [2.05, 4.69) is 10.1 Å². The summed E-state index contributed by atoms with van der Waals surface area (Å²) in [7, 11) is 1.34. The number of aromatic nitrogens is 3. The van der Waals surface area contributed by atoms with Gasteiger partial charge in [0.2, 0.25) is 0 Å². The number of thiophene rings is 1. The molecule has 3 aromatic heterocycles. The van der Waals surface area contributed by atoms with E-state index < -0.39 is 5.97 Å². The van der Waals surface area contributed by atoms with Crippen LogP contribution >= 0.6 is 22.7 Å². The van der Waals surface area contributed by atoms with Crippen LogP contribution in [0, 0.1) is 6.92 Å². The van der Waals surface area contributed by atoms with Gasteiger partial charge in [0, 0.05) is 0 Å². The van der Waals surface area contributed by atoms with Crippen molar-refractivity contribution in [3.05, 3.63) is 68.3 Å². The molecule has 0 bridgehead atoms. The minimum Gasteiger partial charge on any atom is -0.465 e. The first-order valence-corrected chi connectivity index (χ1v) is 9.86. The zero-order valence-corrected chi connectivity index (χ0v) is 16.3. The Labute approximate surface area is 162 Å². The van der Waals surface area contributed by atoms with Gasteiger partial charge in [-0.05, 0) is 36.1 Å². The van der Waals surface area contributed by atoms with Gasteiger partial charge in [-0.15, -0.1) is 22.7 Å². The summed E-state index contributed by atoms with van der Waals surface area (Å²) < 4.78 is 6.96. The van der Waals surface area contributed by atoms with Gasteiger partial charge < -0.3 is 4.74 Å². The van der Waals surface area contributed by atoms with Crippen LogP contribution in [0.3, 0.4) is 0 Å². The van der Waals surface area contributed by atoms with Crippen molar-refractivity contribution in [2.45, 2.75) is 13.5 Å². The van der Waals surface area contributed by atoms with E-state index in [9.17, 15) is 9.59 Å². The first-order chi connectivity index (χ1) is 13.1. The number of hydrogen-bond acceptors (Lipinski definition) is 7. The molecular weight excluding hydrogens is 382 g/mol. The second-order valence-corrected chi connectivity index (χ2v) is 8.04. The van der Waals surface area contributed by atoms with Crippen molar-refractivity contribution in [2.24, 2.45) is 0 Å². The Balaban J connectivity index is 1.79. The van der Waals surface area contributed by atoms with Crippen molar-refractivity contribution in [3.8, 4) is 10.6 Å².